The van der Waals surface area contributed by atoms with Crippen LogP contribution in [-0.2, 0) is 11.3 Å². The van der Waals surface area contributed by atoms with E-state index in [1.54, 1.807) is 0 Å². The predicted octanol–water partition coefficient (Wildman–Crippen LogP) is 2.95. The van der Waals surface area contributed by atoms with Crippen LogP contribution in [0.2, 0.25) is 0 Å². The van der Waals surface area contributed by atoms with Crippen LogP contribution in [0.15, 0.2) is 23.2 Å². The third-order valence-electron chi connectivity index (χ3n) is 6.05. The van der Waals surface area contributed by atoms with Gasteiger partial charge >= 0.3 is 0 Å². The molecule has 0 bridgehead atoms. The molecule has 0 radical (unpaired) electrons. The van der Waals surface area contributed by atoms with Gasteiger partial charge in [0.05, 0.1) is 13.2 Å². The fraction of sp³-hybridized carbons (Fsp3) is 0.696. The lowest BCUT2D eigenvalue weighted by molar-refractivity contribution is 0.157. The van der Waals surface area contributed by atoms with Crippen molar-refractivity contribution in [2.24, 2.45) is 10.9 Å². The highest BCUT2D eigenvalue weighted by Crippen LogP contribution is 2.22. The Morgan fingerprint density at radius 1 is 1.28 bits per heavy atom. The van der Waals surface area contributed by atoms with Crippen molar-refractivity contribution in [2.45, 2.75) is 52.1 Å². The van der Waals surface area contributed by atoms with E-state index in [1.165, 1.54) is 31.4 Å². The standard InChI is InChI=1S/C23H38N4O2/c1-4-27-11-6-5-7-21(27)15-26-23(24-3)25-14-20-9-8-18(2)13-22(20)29-17-19-10-12-28-16-19/h8-9,13,19,21H,4-7,10-12,14-17H2,1-3H3,(H2,24,25,26). The molecule has 0 saturated carbocycles. The van der Waals surface area contributed by atoms with Crippen LogP contribution in [-0.4, -0.2) is 63.4 Å². The van der Waals surface area contributed by atoms with Crippen LogP contribution < -0.4 is 15.4 Å². The average Bonchev–Trinajstić information content (AvgIpc) is 3.27. The Labute approximate surface area is 176 Å². The summed E-state index contributed by atoms with van der Waals surface area (Å²) in [5.74, 6) is 2.31. The van der Waals surface area contributed by atoms with Gasteiger partial charge < -0.3 is 20.1 Å². The van der Waals surface area contributed by atoms with Crippen molar-refractivity contribution in [3.63, 3.8) is 0 Å². The van der Waals surface area contributed by atoms with Gasteiger partial charge in [-0.1, -0.05) is 25.5 Å². The minimum atomic E-state index is 0.503. The smallest absolute Gasteiger partial charge is 0.191 e. The second-order valence-corrected chi connectivity index (χ2v) is 8.24. The molecule has 2 saturated heterocycles. The highest BCUT2D eigenvalue weighted by molar-refractivity contribution is 5.79. The van der Waals surface area contributed by atoms with Gasteiger partial charge in [0.1, 0.15) is 5.75 Å². The number of likely N-dealkylation sites (tertiary alicyclic amines) is 1. The molecule has 0 aromatic heterocycles. The fourth-order valence-electron chi connectivity index (χ4n) is 4.19. The van der Waals surface area contributed by atoms with Crippen LogP contribution in [0.1, 0.15) is 43.7 Å². The Morgan fingerprint density at radius 2 is 2.17 bits per heavy atom. The van der Waals surface area contributed by atoms with Crippen LogP contribution in [0.5, 0.6) is 5.75 Å². The highest BCUT2D eigenvalue weighted by Gasteiger charge is 2.21. The van der Waals surface area contributed by atoms with Gasteiger partial charge in [0.25, 0.3) is 0 Å². The first kappa shape index (κ1) is 21.9. The zero-order valence-electron chi connectivity index (χ0n) is 18.4. The zero-order valence-corrected chi connectivity index (χ0v) is 18.4. The number of aryl methyl sites for hydroxylation is 1. The molecule has 2 unspecified atom stereocenters. The summed E-state index contributed by atoms with van der Waals surface area (Å²) in [6, 6.07) is 7.01. The van der Waals surface area contributed by atoms with Crippen LogP contribution in [0, 0.1) is 12.8 Å². The molecule has 3 rings (SSSR count). The van der Waals surface area contributed by atoms with E-state index in [4.69, 9.17) is 9.47 Å². The van der Waals surface area contributed by atoms with Crippen molar-refractivity contribution in [3.05, 3.63) is 29.3 Å². The van der Waals surface area contributed by atoms with E-state index in [-0.39, 0.29) is 0 Å². The van der Waals surface area contributed by atoms with Crippen molar-refractivity contribution in [3.8, 4) is 5.75 Å². The van der Waals surface area contributed by atoms with Crippen LogP contribution in [0.3, 0.4) is 0 Å². The van der Waals surface area contributed by atoms with E-state index >= 15 is 0 Å². The lowest BCUT2D eigenvalue weighted by Crippen LogP contribution is -2.48. The molecule has 2 aliphatic rings. The molecule has 6 nitrogen and oxygen atoms in total. The first-order valence-electron chi connectivity index (χ1n) is 11.2. The average molecular weight is 403 g/mol. The monoisotopic (exact) mass is 402 g/mol. The Bertz CT molecular complexity index is 658. The number of guanidine groups is 1. The predicted molar refractivity (Wildman–Crippen MR) is 119 cm³/mol. The second-order valence-electron chi connectivity index (χ2n) is 8.24. The van der Waals surface area contributed by atoms with Gasteiger partial charge in [-0.05, 0) is 50.9 Å². The van der Waals surface area contributed by atoms with Gasteiger partial charge in [0.15, 0.2) is 5.96 Å². The minimum Gasteiger partial charge on any atom is -0.493 e. The Morgan fingerprint density at radius 3 is 2.93 bits per heavy atom. The fourth-order valence-corrected chi connectivity index (χ4v) is 4.19. The molecule has 0 spiro atoms. The van der Waals surface area contributed by atoms with E-state index < -0.39 is 0 Å². The highest BCUT2D eigenvalue weighted by atomic mass is 16.5. The maximum atomic E-state index is 6.16. The Balaban J connectivity index is 1.51. The molecule has 1 aromatic rings. The molecule has 0 amide bonds. The number of nitrogens with zero attached hydrogens (tertiary/aromatic N) is 2. The lowest BCUT2D eigenvalue weighted by atomic mass is 10.0. The van der Waals surface area contributed by atoms with E-state index in [9.17, 15) is 0 Å². The van der Waals surface area contributed by atoms with Crippen molar-refractivity contribution >= 4 is 5.96 Å². The maximum absolute atomic E-state index is 6.16. The van der Waals surface area contributed by atoms with Crippen LogP contribution in [0.4, 0.5) is 0 Å². The number of rotatable bonds is 8. The molecular weight excluding hydrogens is 364 g/mol. The van der Waals surface area contributed by atoms with Gasteiger partial charge in [-0.2, -0.15) is 0 Å². The number of hydrogen-bond donors (Lipinski definition) is 2. The lowest BCUT2D eigenvalue weighted by Gasteiger charge is -2.35. The number of aliphatic imine (C=N–C) groups is 1. The van der Waals surface area contributed by atoms with Crippen molar-refractivity contribution in [2.75, 3.05) is 46.5 Å². The molecule has 2 N–H and O–H groups in total. The number of likely N-dealkylation sites (N-methyl/N-ethyl adjacent to an activating group) is 1. The zero-order chi connectivity index (χ0) is 20.5. The molecule has 2 atom stereocenters. The largest absolute Gasteiger partial charge is 0.493 e. The van der Waals surface area contributed by atoms with E-state index in [0.717, 1.165) is 56.6 Å². The quantitative estimate of drug-likeness (QED) is 0.517. The summed E-state index contributed by atoms with van der Waals surface area (Å²) < 4.78 is 11.6. The van der Waals surface area contributed by atoms with Gasteiger partial charge in [-0.15, -0.1) is 0 Å². The summed E-state index contributed by atoms with van der Waals surface area (Å²) in [6.45, 7) is 10.7. The normalized spacial score (nSPS) is 23.2. The Hall–Kier alpha value is -1.79. The molecular formula is C23H38N4O2. The van der Waals surface area contributed by atoms with E-state index in [1.807, 2.05) is 7.05 Å². The molecule has 1 aromatic carbocycles. The van der Waals surface area contributed by atoms with E-state index in [2.05, 4.69) is 52.6 Å². The summed E-state index contributed by atoms with van der Waals surface area (Å²) in [6.07, 6.45) is 5.00. The first-order valence-corrected chi connectivity index (χ1v) is 11.2. The molecule has 162 valence electrons. The first-order chi connectivity index (χ1) is 14.2. The molecule has 2 heterocycles. The molecule has 29 heavy (non-hydrogen) atoms. The minimum absolute atomic E-state index is 0.503. The Kier molecular flexibility index (Phi) is 8.62. The van der Waals surface area contributed by atoms with Crippen LogP contribution >= 0.6 is 0 Å². The summed E-state index contributed by atoms with van der Waals surface area (Å²) in [5.41, 5.74) is 2.37. The summed E-state index contributed by atoms with van der Waals surface area (Å²) in [4.78, 5) is 6.99. The number of nitrogens with one attached hydrogen (secondary N) is 2. The summed E-state index contributed by atoms with van der Waals surface area (Å²) >= 11 is 0. The van der Waals surface area contributed by atoms with E-state index in [0.29, 0.717) is 18.5 Å². The number of ether oxygens (including phenoxy) is 2. The number of hydrogen-bond acceptors (Lipinski definition) is 4. The second kappa shape index (κ2) is 11.4. The van der Waals surface area contributed by atoms with Gasteiger partial charge in [-0.3, -0.25) is 9.89 Å². The number of piperidine rings is 1. The topological polar surface area (TPSA) is 58.1 Å². The molecule has 2 fully saturated rings. The van der Waals surface area contributed by atoms with Gasteiger partial charge in [0, 0.05) is 44.3 Å². The van der Waals surface area contributed by atoms with Crippen molar-refractivity contribution in [1.29, 1.82) is 0 Å². The third kappa shape index (κ3) is 6.61. The molecule has 0 aliphatic carbocycles. The summed E-state index contributed by atoms with van der Waals surface area (Å²) in [7, 11) is 1.83. The summed E-state index contributed by atoms with van der Waals surface area (Å²) in [5, 5.41) is 6.98. The van der Waals surface area contributed by atoms with Crippen molar-refractivity contribution < 1.29 is 9.47 Å². The SMILES string of the molecule is CCN1CCCCC1CNC(=NC)NCc1ccc(C)cc1OCC1CCOC1. The molecule has 6 heteroatoms. The van der Waals surface area contributed by atoms with Crippen LogP contribution in [0.25, 0.3) is 0 Å². The van der Waals surface area contributed by atoms with Gasteiger partial charge in [0.2, 0.25) is 0 Å². The molecule has 2 aliphatic heterocycles. The van der Waals surface area contributed by atoms with Gasteiger partial charge in [-0.25, -0.2) is 0 Å². The maximum Gasteiger partial charge on any atom is 0.191 e. The third-order valence-corrected chi connectivity index (χ3v) is 6.05. The van der Waals surface area contributed by atoms with Crippen molar-refractivity contribution in [1.82, 2.24) is 15.5 Å². The number of benzene rings is 1.